The van der Waals surface area contributed by atoms with E-state index in [4.69, 9.17) is 5.11 Å². The molecule has 0 spiro atoms. The molecule has 5 heteroatoms. The van der Waals surface area contributed by atoms with Crippen molar-refractivity contribution < 1.29 is 9.90 Å². The molecule has 108 valence electrons. The molecule has 0 saturated heterocycles. The van der Waals surface area contributed by atoms with Crippen LogP contribution in [0.5, 0.6) is 0 Å². The van der Waals surface area contributed by atoms with Crippen LogP contribution in [0.2, 0.25) is 0 Å². The maximum Gasteiger partial charge on any atom is 0.305 e. The summed E-state index contributed by atoms with van der Waals surface area (Å²) in [5.41, 5.74) is 2.44. The predicted molar refractivity (Wildman–Crippen MR) is 75.9 cm³/mol. The second kappa shape index (κ2) is 5.77. The zero-order chi connectivity index (χ0) is 13.9. The van der Waals surface area contributed by atoms with Gasteiger partial charge in [-0.2, -0.15) is 0 Å². The summed E-state index contributed by atoms with van der Waals surface area (Å²) in [5, 5.41) is 8.94. The molecule has 2 aliphatic rings. The van der Waals surface area contributed by atoms with Crippen molar-refractivity contribution in [3.05, 3.63) is 17.6 Å². The van der Waals surface area contributed by atoms with Crippen molar-refractivity contribution in [2.45, 2.75) is 57.4 Å². The van der Waals surface area contributed by atoms with Crippen molar-refractivity contribution in [3.63, 3.8) is 0 Å². The van der Waals surface area contributed by atoms with Crippen LogP contribution in [0.1, 0.15) is 49.8 Å². The quantitative estimate of drug-likeness (QED) is 0.834. The molecule has 0 aliphatic heterocycles. The first kappa shape index (κ1) is 13.3. The summed E-state index contributed by atoms with van der Waals surface area (Å²) in [6.07, 6.45) is 9.81. The van der Waals surface area contributed by atoms with E-state index in [1.54, 1.807) is 6.33 Å². The van der Waals surface area contributed by atoms with E-state index in [1.807, 2.05) is 0 Å². The SMILES string of the molecule is O=C(O)CCN(c1ncnc2c1CCCCC2)C1CC1. The second-order valence-corrected chi connectivity index (χ2v) is 5.75. The first-order valence-electron chi connectivity index (χ1n) is 7.57. The molecule has 0 unspecified atom stereocenters. The molecular weight excluding hydrogens is 254 g/mol. The third-order valence-electron chi connectivity index (χ3n) is 4.18. The number of rotatable bonds is 5. The molecule has 1 N–H and O–H groups in total. The van der Waals surface area contributed by atoms with E-state index >= 15 is 0 Å². The molecule has 1 fully saturated rings. The van der Waals surface area contributed by atoms with Crippen LogP contribution in [0.3, 0.4) is 0 Å². The summed E-state index contributed by atoms with van der Waals surface area (Å²) in [6.45, 7) is 0.559. The molecule has 0 atom stereocenters. The van der Waals surface area contributed by atoms with Crippen LogP contribution >= 0.6 is 0 Å². The zero-order valence-electron chi connectivity index (χ0n) is 11.7. The maximum atomic E-state index is 10.9. The van der Waals surface area contributed by atoms with E-state index in [-0.39, 0.29) is 6.42 Å². The number of carboxylic acids is 1. The molecule has 0 amide bonds. The van der Waals surface area contributed by atoms with Gasteiger partial charge >= 0.3 is 5.97 Å². The first-order chi connectivity index (χ1) is 9.75. The predicted octanol–water partition coefficient (Wildman–Crippen LogP) is 2.19. The van der Waals surface area contributed by atoms with Gasteiger partial charge in [-0.1, -0.05) is 6.42 Å². The van der Waals surface area contributed by atoms with Crippen LogP contribution in [-0.2, 0) is 17.6 Å². The second-order valence-electron chi connectivity index (χ2n) is 5.75. The molecule has 20 heavy (non-hydrogen) atoms. The Balaban J connectivity index is 1.88. The van der Waals surface area contributed by atoms with E-state index in [0.29, 0.717) is 12.6 Å². The largest absolute Gasteiger partial charge is 0.481 e. The molecule has 2 aliphatic carbocycles. The van der Waals surface area contributed by atoms with Gasteiger partial charge in [0, 0.05) is 23.8 Å². The fourth-order valence-corrected chi connectivity index (χ4v) is 2.99. The topological polar surface area (TPSA) is 66.3 Å². The third-order valence-corrected chi connectivity index (χ3v) is 4.18. The van der Waals surface area contributed by atoms with E-state index in [2.05, 4.69) is 14.9 Å². The fourth-order valence-electron chi connectivity index (χ4n) is 2.99. The summed E-state index contributed by atoms with van der Waals surface area (Å²) in [5.74, 6) is 0.261. The molecule has 1 saturated carbocycles. The van der Waals surface area contributed by atoms with Crippen molar-refractivity contribution in [2.24, 2.45) is 0 Å². The minimum absolute atomic E-state index is 0.176. The highest BCUT2D eigenvalue weighted by molar-refractivity contribution is 5.68. The van der Waals surface area contributed by atoms with Gasteiger partial charge in [0.1, 0.15) is 12.1 Å². The van der Waals surface area contributed by atoms with Gasteiger partial charge in [0.2, 0.25) is 0 Å². The van der Waals surface area contributed by atoms with E-state index < -0.39 is 5.97 Å². The summed E-state index contributed by atoms with van der Waals surface area (Å²) < 4.78 is 0. The van der Waals surface area contributed by atoms with Gasteiger partial charge in [0.05, 0.1) is 6.42 Å². The lowest BCUT2D eigenvalue weighted by Crippen LogP contribution is -2.30. The highest BCUT2D eigenvalue weighted by atomic mass is 16.4. The van der Waals surface area contributed by atoms with Gasteiger partial charge in [0.25, 0.3) is 0 Å². The summed E-state index contributed by atoms with van der Waals surface area (Å²) in [4.78, 5) is 22.0. The Labute approximate surface area is 119 Å². The zero-order valence-corrected chi connectivity index (χ0v) is 11.7. The molecule has 0 bridgehead atoms. The summed E-state index contributed by atoms with van der Waals surface area (Å²) >= 11 is 0. The maximum absolute atomic E-state index is 10.9. The number of hydrogen-bond donors (Lipinski definition) is 1. The standard InChI is InChI=1S/C15H21N3O2/c19-14(20)8-9-18(11-6-7-11)15-12-4-2-1-3-5-13(12)16-10-17-15/h10-11H,1-9H2,(H,19,20). The smallest absolute Gasteiger partial charge is 0.305 e. The average Bonchev–Trinajstić information content (AvgIpc) is 3.25. The lowest BCUT2D eigenvalue weighted by atomic mass is 10.1. The van der Waals surface area contributed by atoms with Crippen molar-refractivity contribution in [2.75, 3.05) is 11.4 Å². The number of fused-ring (bicyclic) bond motifs is 1. The third kappa shape index (κ3) is 2.92. The molecule has 0 radical (unpaired) electrons. The molecule has 5 nitrogen and oxygen atoms in total. The van der Waals surface area contributed by atoms with Crippen molar-refractivity contribution in [1.29, 1.82) is 0 Å². The molecular formula is C15H21N3O2. The minimum Gasteiger partial charge on any atom is -0.481 e. The van der Waals surface area contributed by atoms with Crippen LogP contribution in [0, 0.1) is 0 Å². The van der Waals surface area contributed by atoms with Gasteiger partial charge in [0.15, 0.2) is 0 Å². The van der Waals surface area contributed by atoms with E-state index in [1.165, 1.54) is 30.5 Å². The van der Waals surface area contributed by atoms with Gasteiger partial charge in [-0.3, -0.25) is 4.79 Å². The minimum atomic E-state index is -0.740. The van der Waals surface area contributed by atoms with E-state index in [9.17, 15) is 4.79 Å². The fraction of sp³-hybridized carbons (Fsp3) is 0.667. The molecule has 1 aromatic heterocycles. The van der Waals surface area contributed by atoms with Crippen molar-refractivity contribution in [1.82, 2.24) is 9.97 Å². The van der Waals surface area contributed by atoms with Crippen LogP contribution in [0.15, 0.2) is 6.33 Å². The Morgan fingerprint density at radius 2 is 2.05 bits per heavy atom. The number of aliphatic carboxylic acids is 1. The number of nitrogens with zero attached hydrogens (tertiary/aromatic N) is 3. The first-order valence-corrected chi connectivity index (χ1v) is 7.57. The number of anilines is 1. The lowest BCUT2D eigenvalue weighted by Gasteiger charge is -2.25. The van der Waals surface area contributed by atoms with Crippen LogP contribution in [0.4, 0.5) is 5.82 Å². The van der Waals surface area contributed by atoms with Crippen LogP contribution in [0.25, 0.3) is 0 Å². The Bertz CT molecular complexity index is 500. The van der Waals surface area contributed by atoms with Crippen molar-refractivity contribution in [3.8, 4) is 0 Å². The Morgan fingerprint density at radius 3 is 2.80 bits per heavy atom. The molecule has 3 rings (SSSR count). The number of hydrogen-bond acceptors (Lipinski definition) is 4. The van der Waals surface area contributed by atoms with Crippen molar-refractivity contribution >= 4 is 11.8 Å². The van der Waals surface area contributed by atoms with Gasteiger partial charge < -0.3 is 10.0 Å². The highest BCUT2D eigenvalue weighted by Gasteiger charge is 2.32. The highest BCUT2D eigenvalue weighted by Crippen LogP contribution is 2.34. The summed E-state index contributed by atoms with van der Waals surface area (Å²) in [6, 6.07) is 0.483. The van der Waals surface area contributed by atoms with E-state index in [0.717, 1.165) is 31.5 Å². The summed E-state index contributed by atoms with van der Waals surface area (Å²) in [7, 11) is 0. The number of carbonyl (C=O) groups is 1. The Kier molecular flexibility index (Phi) is 3.85. The van der Waals surface area contributed by atoms with Crippen LogP contribution < -0.4 is 4.90 Å². The van der Waals surface area contributed by atoms with Gasteiger partial charge in [-0.05, 0) is 38.5 Å². The Hall–Kier alpha value is -1.65. The molecule has 1 heterocycles. The molecule has 0 aromatic carbocycles. The lowest BCUT2D eigenvalue weighted by molar-refractivity contribution is -0.136. The van der Waals surface area contributed by atoms with Gasteiger partial charge in [-0.15, -0.1) is 0 Å². The average molecular weight is 275 g/mol. The number of carboxylic acid groups (broad SMARTS) is 1. The number of aryl methyl sites for hydroxylation is 1. The Morgan fingerprint density at radius 1 is 1.25 bits per heavy atom. The number of aromatic nitrogens is 2. The van der Waals surface area contributed by atoms with Gasteiger partial charge in [-0.25, -0.2) is 9.97 Å². The monoisotopic (exact) mass is 275 g/mol. The normalized spacial score (nSPS) is 18.2. The van der Waals surface area contributed by atoms with Crippen LogP contribution in [-0.4, -0.2) is 33.6 Å². The molecule has 1 aromatic rings.